The smallest absolute Gasteiger partial charge is 0.234 e. The van der Waals surface area contributed by atoms with Crippen LogP contribution in [-0.2, 0) is 23.1 Å². The van der Waals surface area contributed by atoms with Crippen LogP contribution in [0.1, 0.15) is 38.3 Å². The van der Waals surface area contributed by atoms with Crippen molar-refractivity contribution < 1.29 is 9.63 Å². The van der Waals surface area contributed by atoms with Gasteiger partial charge in [0.25, 0.3) is 0 Å². The molecule has 8 heteroatoms. The summed E-state index contributed by atoms with van der Waals surface area (Å²) in [4.78, 5) is 31.6. The SMILES string of the molecule is Cn1c(-c2ccc(-c3nccs3)cc2)cnc1[C@H](Cc1ccccn1)N(C=O)OC(C)(C)C. The minimum atomic E-state index is -0.539. The molecular formula is C25H27N5O2S. The molecule has 1 amide bonds. The van der Waals surface area contributed by atoms with Crippen LogP contribution in [0, 0.1) is 0 Å². The number of nitrogens with zero attached hydrogens (tertiary/aromatic N) is 5. The summed E-state index contributed by atoms with van der Waals surface area (Å²) in [6.45, 7) is 5.74. The van der Waals surface area contributed by atoms with Crippen molar-refractivity contribution >= 4 is 17.7 Å². The first kappa shape index (κ1) is 22.8. The Bertz CT molecular complexity index is 1180. The highest BCUT2D eigenvalue weighted by molar-refractivity contribution is 7.13. The summed E-state index contributed by atoms with van der Waals surface area (Å²) >= 11 is 1.61. The van der Waals surface area contributed by atoms with Crippen LogP contribution in [0.5, 0.6) is 0 Å². The first-order valence-corrected chi connectivity index (χ1v) is 11.6. The zero-order chi connectivity index (χ0) is 23.4. The van der Waals surface area contributed by atoms with Crippen LogP contribution in [0.2, 0.25) is 0 Å². The lowest BCUT2D eigenvalue weighted by Crippen LogP contribution is -2.38. The first-order valence-electron chi connectivity index (χ1n) is 10.7. The van der Waals surface area contributed by atoms with Gasteiger partial charge in [0.15, 0.2) is 0 Å². The van der Waals surface area contributed by atoms with Gasteiger partial charge in [-0.25, -0.2) is 15.0 Å². The molecule has 0 aliphatic carbocycles. The molecule has 3 heterocycles. The van der Waals surface area contributed by atoms with Crippen LogP contribution < -0.4 is 0 Å². The summed E-state index contributed by atoms with van der Waals surface area (Å²) in [5, 5.41) is 4.31. The number of thiazole rings is 1. The summed E-state index contributed by atoms with van der Waals surface area (Å²) in [7, 11) is 1.96. The number of hydrogen-bond acceptors (Lipinski definition) is 6. The summed E-state index contributed by atoms with van der Waals surface area (Å²) in [6.07, 6.45) is 6.58. The predicted octanol–water partition coefficient (Wildman–Crippen LogP) is 5.08. The van der Waals surface area contributed by atoms with Crippen LogP contribution in [0.25, 0.3) is 21.8 Å². The number of aromatic nitrogens is 4. The number of carbonyl (C=O) groups is 1. The quantitative estimate of drug-likeness (QED) is 0.270. The Hall–Kier alpha value is -3.36. The van der Waals surface area contributed by atoms with Crippen LogP contribution >= 0.6 is 11.3 Å². The van der Waals surface area contributed by atoms with E-state index in [4.69, 9.17) is 9.82 Å². The maximum Gasteiger partial charge on any atom is 0.234 e. The second-order valence-electron chi connectivity index (χ2n) is 8.69. The lowest BCUT2D eigenvalue weighted by atomic mass is 10.1. The fraction of sp³-hybridized carbons (Fsp3) is 0.280. The number of carbonyl (C=O) groups excluding carboxylic acids is 1. The van der Waals surface area contributed by atoms with Crippen LogP contribution in [0.15, 0.2) is 66.4 Å². The molecule has 0 saturated heterocycles. The summed E-state index contributed by atoms with van der Waals surface area (Å²) in [5.74, 6) is 0.719. The van der Waals surface area contributed by atoms with Crippen molar-refractivity contribution in [2.45, 2.75) is 38.8 Å². The third-order valence-corrected chi connectivity index (χ3v) is 5.92. The van der Waals surface area contributed by atoms with E-state index in [-0.39, 0.29) is 0 Å². The lowest BCUT2D eigenvalue weighted by molar-refractivity contribution is -0.235. The molecule has 0 spiro atoms. The van der Waals surface area contributed by atoms with E-state index in [0.29, 0.717) is 6.42 Å². The van der Waals surface area contributed by atoms with Gasteiger partial charge in [0.05, 0.1) is 17.5 Å². The van der Waals surface area contributed by atoms with Crippen LogP contribution in [0.4, 0.5) is 0 Å². The maximum atomic E-state index is 12.1. The van der Waals surface area contributed by atoms with E-state index in [0.717, 1.165) is 39.8 Å². The average Bonchev–Trinajstić information content (AvgIpc) is 3.47. The highest BCUT2D eigenvalue weighted by Crippen LogP contribution is 2.30. The van der Waals surface area contributed by atoms with E-state index >= 15 is 0 Å². The Morgan fingerprint density at radius 2 is 1.82 bits per heavy atom. The zero-order valence-electron chi connectivity index (χ0n) is 19.2. The van der Waals surface area contributed by atoms with E-state index in [1.54, 1.807) is 17.5 Å². The van der Waals surface area contributed by atoms with Gasteiger partial charge in [-0.05, 0) is 38.5 Å². The number of amides is 1. The first-order chi connectivity index (χ1) is 15.9. The number of rotatable bonds is 8. The third-order valence-electron chi connectivity index (χ3n) is 5.10. The van der Waals surface area contributed by atoms with E-state index in [2.05, 4.69) is 34.2 Å². The van der Waals surface area contributed by atoms with Gasteiger partial charge in [-0.1, -0.05) is 30.3 Å². The number of hydroxylamine groups is 2. The Morgan fingerprint density at radius 3 is 2.42 bits per heavy atom. The fourth-order valence-electron chi connectivity index (χ4n) is 3.64. The molecule has 170 valence electrons. The summed E-state index contributed by atoms with van der Waals surface area (Å²) in [6, 6.07) is 13.6. The van der Waals surface area contributed by atoms with Crippen molar-refractivity contribution in [2.24, 2.45) is 7.05 Å². The molecule has 0 saturated carbocycles. The molecule has 33 heavy (non-hydrogen) atoms. The Balaban J connectivity index is 1.68. The molecule has 0 fully saturated rings. The minimum Gasteiger partial charge on any atom is -0.329 e. The van der Waals surface area contributed by atoms with E-state index in [9.17, 15) is 4.79 Å². The molecule has 3 aromatic heterocycles. The van der Waals surface area contributed by atoms with Gasteiger partial charge in [-0.2, -0.15) is 0 Å². The van der Waals surface area contributed by atoms with Crippen LogP contribution in [0.3, 0.4) is 0 Å². The molecule has 0 aliphatic heterocycles. The van der Waals surface area contributed by atoms with Crippen molar-refractivity contribution in [1.29, 1.82) is 0 Å². The van der Waals surface area contributed by atoms with Crippen molar-refractivity contribution in [2.75, 3.05) is 0 Å². The van der Waals surface area contributed by atoms with E-state index < -0.39 is 11.6 Å². The van der Waals surface area contributed by atoms with E-state index in [1.807, 2.05) is 68.4 Å². The predicted molar refractivity (Wildman–Crippen MR) is 129 cm³/mol. The van der Waals surface area contributed by atoms with Gasteiger partial charge in [0.2, 0.25) is 6.41 Å². The highest BCUT2D eigenvalue weighted by atomic mass is 32.1. The molecule has 0 bridgehead atoms. The normalized spacial score (nSPS) is 12.5. The molecule has 4 rings (SSSR count). The zero-order valence-corrected chi connectivity index (χ0v) is 20.0. The van der Waals surface area contributed by atoms with Crippen molar-refractivity contribution in [3.05, 3.63) is 78.0 Å². The number of imidazole rings is 1. The van der Waals surface area contributed by atoms with Gasteiger partial charge >= 0.3 is 0 Å². The highest BCUT2D eigenvalue weighted by Gasteiger charge is 2.29. The molecule has 1 atom stereocenters. The second-order valence-corrected chi connectivity index (χ2v) is 9.58. The summed E-state index contributed by atoms with van der Waals surface area (Å²) < 4.78 is 2.01. The molecule has 7 nitrogen and oxygen atoms in total. The molecule has 0 aliphatic rings. The molecule has 0 radical (unpaired) electrons. The monoisotopic (exact) mass is 461 g/mol. The van der Waals surface area contributed by atoms with Crippen molar-refractivity contribution in [3.8, 4) is 21.8 Å². The number of benzene rings is 1. The van der Waals surface area contributed by atoms with Gasteiger partial charge in [0, 0.05) is 42.5 Å². The average molecular weight is 462 g/mol. The fourth-order valence-corrected chi connectivity index (χ4v) is 4.28. The minimum absolute atomic E-state index is 0.440. The largest absolute Gasteiger partial charge is 0.329 e. The Labute approximate surface area is 197 Å². The second kappa shape index (κ2) is 9.64. The lowest BCUT2D eigenvalue weighted by Gasteiger charge is -2.32. The van der Waals surface area contributed by atoms with Gasteiger partial charge in [-0.3, -0.25) is 14.6 Å². The van der Waals surface area contributed by atoms with Crippen LogP contribution in [-0.4, -0.2) is 36.6 Å². The molecule has 0 unspecified atom stereocenters. The Kier molecular flexibility index (Phi) is 6.67. The molecule has 4 aromatic rings. The molecule has 0 N–H and O–H groups in total. The van der Waals surface area contributed by atoms with Crippen molar-refractivity contribution in [3.63, 3.8) is 0 Å². The summed E-state index contributed by atoms with van der Waals surface area (Å²) in [5.41, 5.74) is 3.37. The third kappa shape index (κ3) is 5.35. The van der Waals surface area contributed by atoms with Crippen molar-refractivity contribution in [1.82, 2.24) is 24.6 Å². The number of pyridine rings is 1. The van der Waals surface area contributed by atoms with Gasteiger partial charge < -0.3 is 4.57 Å². The molecule has 1 aromatic carbocycles. The van der Waals surface area contributed by atoms with Gasteiger partial charge in [0.1, 0.15) is 16.9 Å². The molecular weight excluding hydrogens is 434 g/mol. The number of hydrogen-bond donors (Lipinski definition) is 0. The maximum absolute atomic E-state index is 12.1. The standard InChI is InChI=1S/C25H27N5O2S/c1-25(2,3)32-30(17-31)21(15-20-7-5-6-12-26-20)23-28-16-22(29(23)4)18-8-10-19(11-9-18)24-27-13-14-33-24/h5-14,16-17,21H,15H2,1-4H3/t21-/m0/s1. The topological polar surface area (TPSA) is 73.1 Å². The van der Waals surface area contributed by atoms with Gasteiger partial charge in [-0.15, -0.1) is 11.3 Å². The van der Waals surface area contributed by atoms with E-state index in [1.165, 1.54) is 5.06 Å². The Morgan fingerprint density at radius 1 is 1.06 bits per heavy atom.